The van der Waals surface area contributed by atoms with E-state index in [4.69, 9.17) is 10.8 Å². The molecule has 0 amide bonds. The number of halogens is 1. The molecule has 0 saturated carbocycles. The molecule has 3 nitrogen and oxygen atoms in total. The maximum Gasteiger partial charge on any atom is 0.328 e. The molecule has 1 aromatic carbocycles. The van der Waals surface area contributed by atoms with Crippen LogP contribution in [-0.2, 0) is 4.79 Å². The Morgan fingerprint density at radius 2 is 2.33 bits per heavy atom. The van der Waals surface area contributed by atoms with E-state index in [0.29, 0.717) is 11.4 Å². The van der Waals surface area contributed by atoms with Gasteiger partial charge in [-0.15, -0.1) is 11.8 Å². The van der Waals surface area contributed by atoms with Crippen LogP contribution in [0.15, 0.2) is 35.2 Å². The van der Waals surface area contributed by atoms with Crippen LogP contribution in [0.4, 0.5) is 10.1 Å². The number of benzene rings is 1. The molecule has 0 heterocycles. The first kappa shape index (κ1) is 11.6. The largest absolute Gasteiger partial charge is 0.478 e. The van der Waals surface area contributed by atoms with Gasteiger partial charge < -0.3 is 10.8 Å². The van der Waals surface area contributed by atoms with Crippen LogP contribution in [0.1, 0.15) is 0 Å². The second-order valence-electron chi connectivity index (χ2n) is 2.73. The number of thioether (sulfide) groups is 1. The third-order valence-electron chi connectivity index (χ3n) is 1.57. The highest BCUT2D eigenvalue weighted by Gasteiger charge is 2.00. The van der Waals surface area contributed by atoms with Crippen molar-refractivity contribution in [2.24, 2.45) is 0 Å². The van der Waals surface area contributed by atoms with Crippen LogP contribution in [0.3, 0.4) is 0 Å². The molecular formula is C10H10FNO2S. The average Bonchev–Trinajstić information content (AvgIpc) is 2.14. The molecule has 0 aliphatic carbocycles. The highest BCUT2D eigenvalue weighted by molar-refractivity contribution is 7.99. The molecule has 0 radical (unpaired) electrons. The predicted octanol–water partition coefficient (Wildman–Crippen LogP) is 2.14. The SMILES string of the molecule is Nc1cc(F)ccc1SCC=CC(=O)O. The molecule has 0 aromatic heterocycles. The minimum absolute atomic E-state index is 0.365. The Bertz CT molecular complexity index is 393. The molecule has 0 saturated heterocycles. The van der Waals surface area contributed by atoms with E-state index in [2.05, 4.69) is 0 Å². The number of nitrogen functional groups attached to an aromatic ring is 1. The van der Waals surface area contributed by atoms with Gasteiger partial charge in [-0.3, -0.25) is 0 Å². The van der Waals surface area contributed by atoms with Crippen LogP contribution >= 0.6 is 11.8 Å². The third-order valence-corrected chi connectivity index (χ3v) is 2.61. The summed E-state index contributed by atoms with van der Waals surface area (Å²) in [6, 6.07) is 4.13. The highest BCUT2D eigenvalue weighted by atomic mass is 32.2. The summed E-state index contributed by atoms with van der Waals surface area (Å²) in [6.45, 7) is 0. The number of aliphatic carboxylic acids is 1. The summed E-state index contributed by atoms with van der Waals surface area (Å²) in [5.41, 5.74) is 5.93. The molecule has 0 aliphatic heterocycles. The topological polar surface area (TPSA) is 63.3 Å². The van der Waals surface area contributed by atoms with Crippen molar-refractivity contribution in [3.63, 3.8) is 0 Å². The summed E-state index contributed by atoms with van der Waals surface area (Å²) >= 11 is 1.36. The summed E-state index contributed by atoms with van der Waals surface area (Å²) in [5.74, 6) is -0.872. The average molecular weight is 227 g/mol. The Kier molecular flexibility index (Phi) is 4.17. The monoisotopic (exact) mass is 227 g/mol. The van der Waals surface area contributed by atoms with E-state index in [1.807, 2.05) is 0 Å². The maximum atomic E-state index is 12.7. The van der Waals surface area contributed by atoms with Crippen LogP contribution in [0.25, 0.3) is 0 Å². The van der Waals surface area contributed by atoms with Crippen molar-refractivity contribution in [3.8, 4) is 0 Å². The Hall–Kier alpha value is -1.49. The molecule has 80 valence electrons. The van der Waals surface area contributed by atoms with E-state index in [1.54, 1.807) is 6.07 Å². The van der Waals surface area contributed by atoms with Gasteiger partial charge in [0.1, 0.15) is 5.82 Å². The molecule has 0 aliphatic rings. The van der Waals surface area contributed by atoms with Gasteiger partial charge in [-0.05, 0) is 18.2 Å². The van der Waals surface area contributed by atoms with Gasteiger partial charge in [0, 0.05) is 22.4 Å². The lowest BCUT2D eigenvalue weighted by atomic mass is 10.3. The van der Waals surface area contributed by atoms with E-state index >= 15 is 0 Å². The molecule has 1 aromatic rings. The predicted molar refractivity (Wildman–Crippen MR) is 58.3 cm³/mol. The Morgan fingerprint density at radius 3 is 2.93 bits per heavy atom. The molecular weight excluding hydrogens is 217 g/mol. The summed E-state index contributed by atoms with van der Waals surface area (Å²) in [6.07, 6.45) is 2.57. The Labute approximate surface area is 90.8 Å². The van der Waals surface area contributed by atoms with Crippen molar-refractivity contribution in [2.75, 3.05) is 11.5 Å². The van der Waals surface area contributed by atoms with Crippen molar-refractivity contribution >= 4 is 23.4 Å². The van der Waals surface area contributed by atoms with Crippen LogP contribution < -0.4 is 5.73 Å². The molecule has 0 fully saturated rings. The van der Waals surface area contributed by atoms with Gasteiger partial charge in [0.2, 0.25) is 0 Å². The zero-order chi connectivity index (χ0) is 11.3. The number of carboxylic acid groups (broad SMARTS) is 1. The van der Waals surface area contributed by atoms with Crippen molar-refractivity contribution in [1.82, 2.24) is 0 Å². The number of carboxylic acids is 1. The van der Waals surface area contributed by atoms with E-state index in [9.17, 15) is 9.18 Å². The Morgan fingerprint density at radius 1 is 1.60 bits per heavy atom. The lowest BCUT2D eigenvalue weighted by Crippen LogP contribution is -1.90. The molecule has 1 rings (SSSR count). The van der Waals surface area contributed by atoms with Gasteiger partial charge in [-0.2, -0.15) is 0 Å². The number of hydrogen-bond donors (Lipinski definition) is 2. The van der Waals surface area contributed by atoms with Crippen LogP contribution in [-0.4, -0.2) is 16.8 Å². The second-order valence-corrected chi connectivity index (χ2v) is 3.80. The van der Waals surface area contributed by atoms with E-state index in [1.165, 1.54) is 30.0 Å². The lowest BCUT2D eigenvalue weighted by molar-refractivity contribution is -0.131. The number of nitrogens with two attached hydrogens (primary N) is 1. The van der Waals surface area contributed by atoms with Crippen LogP contribution in [0.2, 0.25) is 0 Å². The van der Waals surface area contributed by atoms with Gasteiger partial charge in [-0.25, -0.2) is 9.18 Å². The molecule has 0 atom stereocenters. The lowest BCUT2D eigenvalue weighted by Gasteiger charge is -2.02. The zero-order valence-electron chi connectivity index (χ0n) is 7.81. The summed E-state index contributed by atoms with van der Waals surface area (Å²) < 4.78 is 12.7. The number of rotatable bonds is 4. The quantitative estimate of drug-likeness (QED) is 0.470. The minimum Gasteiger partial charge on any atom is -0.478 e. The van der Waals surface area contributed by atoms with Gasteiger partial charge in [0.05, 0.1) is 0 Å². The normalized spacial score (nSPS) is 10.7. The van der Waals surface area contributed by atoms with Crippen LogP contribution in [0.5, 0.6) is 0 Å². The second kappa shape index (κ2) is 5.41. The third kappa shape index (κ3) is 4.03. The summed E-state index contributed by atoms with van der Waals surface area (Å²) in [7, 11) is 0. The molecule has 0 spiro atoms. The molecule has 0 bridgehead atoms. The molecule has 3 N–H and O–H groups in total. The van der Waals surface area contributed by atoms with Crippen molar-refractivity contribution in [3.05, 3.63) is 36.2 Å². The van der Waals surface area contributed by atoms with E-state index in [-0.39, 0.29) is 5.82 Å². The van der Waals surface area contributed by atoms with Crippen molar-refractivity contribution in [1.29, 1.82) is 0 Å². The number of anilines is 1. The first-order chi connectivity index (χ1) is 7.09. The maximum absolute atomic E-state index is 12.7. The first-order valence-corrected chi connectivity index (χ1v) is 5.15. The molecule has 5 heteroatoms. The van der Waals surface area contributed by atoms with Crippen molar-refractivity contribution in [2.45, 2.75) is 4.90 Å². The van der Waals surface area contributed by atoms with E-state index < -0.39 is 5.97 Å². The fourth-order valence-corrected chi connectivity index (χ4v) is 1.70. The molecule has 0 unspecified atom stereocenters. The Balaban J connectivity index is 2.54. The highest BCUT2D eigenvalue weighted by Crippen LogP contribution is 2.25. The van der Waals surface area contributed by atoms with Crippen LogP contribution in [0, 0.1) is 5.82 Å². The van der Waals surface area contributed by atoms with Gasteiger partial charge in [-0.1, -0.05) is 6.08 Å². The van der Waals surface area contributed by atoms with Gasteiger partial charge in [0.25, 0.3) is 0 Å². The standard InChI is InChI=1S/C10H10FNO2S/c11-7-3-4-9(8(12)6-7)15-5-1-2-10(13)14/h1-4,6H,5,12H2,(H,13,14). The fourth-order valence-electron chi connectivity index (χ4n) is 0.938. The molecule has 15 heavy (non-hydrogen) atoms. The summed E-state index contributed by atoms with van der Waals surface area (Å²) in [4.78, 5) is 10.9. The smallest absolute Gasteiger partial charge is 0.328 e. The first-order valence-electron chi connectivity index (χ1n) is 4.17. The fraction of sp³-hybridized carbons (Fsp3) is 0.100. The zero-order valence-corrected chi connectivity index (χ0v) is 8.63. The summed E-state index contributed by atoms with van der Waals surface area (Å²) in [5, 5.41) is 8.33. The number of hydrogen-bond acceptors (Lipinski definition) is 3. The van der Waals surface area contributed by atoms with Crippen molar-refractivity contribution < 1.29 is 14.3 Å². The van der Waals surface area contributed by atoms with Gasteiger partial charge >= 0.3 is 5.97 Å². The van der Waals surface area contributed by atoms with E-state index in [0.717, 1.165) is 11.0 Å². The minimum atomic E-state index is -0.984. The number of carbonyl (C=O) groups is 1. The van der Waals surface area contributed by atoms with Gasteiger partial charge in [0.15, 0.2) is 0 Å².